The van der Waals surface area contributed by atoms with Gasteiger partial charge in [0.05, 0.1) is 5.56 Å². The standard InChI is InChI=1S/C11H16N2O5S2/c1-11(2,4-3-8(14)15)13-10(16)7-5-9(19-6-7)20(12,17)18/h5-6H,3-4H2,1-2H3,(H,13,16)(H,14,15)(H2,12,17,18). The summed E-state index contributed by atoms with van der Waals surface area (Å²) in [5.41, 5.74) is -0.526. The van der Waals surface area contributed by atoms with Crippen LogP contribution < -0.4 is 10.5 Å². The van der Waals surface area contributed by atoms with Gasteiger partial charge in [-0.3, -0.25) is 9.59 Å². The lowest BCUT2D eigenvalue weighted by molar-refractivity contribution is -0.137. The number of carboxylic acid groups (broad SMARTS) is 1. The van der Waals surface area contributed by atoms with E-state index in [1.807, 2.05) is 0 Å². The van der Waals surface area contributed by atoms with Gasteiger partial charge in [-0.25, -0.2) is 13.6 Å². The maximum absolute atomic E-state index is 12.0. The van der Waals surface area contributed by atoms with E-state index in [-0.39, 0.29) is 22.6 Å². The molecule has 4 N–H and O–H groups in total. The van der Waals surface area contributed by atoms with Crippen molar-refractivity contribution in [3.8, 4) is 0 Å². The fourth-order valence-corrected chi connectivity index (χ4v) is 3.03. The normalized spacial score (nSPS) is 12.2. The lowest BCUT2D eigenvalue weighted by Gasteiger charge is -2.25. The van der Waals surface area contributed by atoms with Crippen molar-refractivity contribution in [2.24, 2.45) is 5.14 Å². The van der Waals surface area contributed by atoms with Crippen molar-refractivity contribution < 1.29 is 23.1 Å². The van der Waals surface area contributed by atoms with E-state index >= 15 is 0 Å². The van der Waals surface area contributed by atoms with Crippen molar-refractivity contribution in [1.29, 1.82) is 0 Å². The van der Waals surface area contributed by atoms with E-state index in [2.05, 4.69) is 5.32 Å². The molecule has 1 rings (SSSR count). The molecule has 0 spiro atoms. The fourth-order valence-electron chi connectivity index (χ4n) is 1.45. The topological polar surface area (TPSA) is 127 Å². The summed E-state index contributed by atoms with van der Waals surface area (Å²) >= 11 is 0.861. The van der Waals surface area contributed by atoms with Gasteiger partial charge in [-0.05, 0) is 26.3 Å². The molecule has 20 heavy (non-hydrogen) atoms. The predicted octanol–water partition coefficient (Wildman–Crippen LogP) is 0.769. The number of carboxylic acids is 1. The molecule has 0 aromatic carbocycles. The number of primary sulfonamides is 1. The molecule has 0 atom stereocenters. The van der Waals surface area contributed by atoms with Crippen LogP contribution in [0.25, 0.3) is 0 Å². The molecule has 0 saturated heterocycles. The largest absolute Gasteiger partial charge is 0.481 e. The van der Waals surface area contributed by atoms with Crippen LogP contribution in [-0.2, 0) is 14.8 Å². The molecule has 0 unspecified atom stereocenters. The quantitative estimate of drug-likeness (QED) is 0.713. The van der Waals surface area contributed by atoms with Gasteiger partial charge >= 0.3 is 5.97 Å². The van der Waals surface area contributed by atoms with Gasteiger partial charge in [0.2, 0.25) is 10.0 Å². The molecule has 1 aromatic rings. The van der Waals surface area contributed by atoms with Crippen molar-refractivity contribution in [3.05, 3.63) is 17.0 Å². The molecule has 1 heterocycles. The zero-order chi connectivity index (χ0) is 15.6. The van der Waals surface area contributed by atoms with E-state index in [0.29, 0.717) is 0 Å². The Morgan fingerprint density at radius 1 is 1.45 bits per heavy atom. The van der Waals surface area contributed by atoms with Crippen LogP contribution in [-0.4, -0.2) is 30.9 Å². The highest BCUT2D eigenvalue weighted by atomic mass is 32.2. The summed E-state index contributed by atoms with van der Waals surface area (Å²) in [6.45, 7) is 3.39. The zero-order valence-corrected chi connectivity index (χ0v) is 12.7. The number of aliphatic carboxylic acids is 1. The third-order valence-electron chi connectivity index (χ3n) is 2.53. The number of nitrogens with two attached hydrogens (primary N) is 1. The van der Waals surface area contributed by atoms with Crippen molar-refractivity contribution >= 4 is 33.2 Å². The highest BCUT2D eigenvalue weighted by molar-refractivity contribution is 7.91. The summed E-state index contributed by atoms with van der Waals surface area (Å²) in [6, 6.07) is 1.20. The highest BCUT2D eigenvalue weighted by Crippen LogP contribution is 2.20. The van der Waals surface area contributed by atoms with Crippen LogP contribution in [0.3, 0.4) is 0 Å². The lowest BCUT2D eigenvalue weighted by Crippen LogP contribution is -2.43. The number of sulfonamides is 1. The molecular weight excluding hydrogens is 304 g/mol. The average molecular weight is 320 g/mol. The molecule has 0 aliphatic carbocycles. The van der Waals surface area contributed by atoms with Gasteiger partial charge in [0, 0.05) is 17.3 Å². The summed E-state index contributed by atoms with van der Waals surface area (Å²) in [6.07, 6.45) is 0.194. The van der Waals surface area contributed by atoms with Gasteiger partial charge < -0.3 is 10.4 Å². The fraction of sp³-hybridized carbons (Fsp3) is 0.455. The second-order valence-electron chi connectivity index (χ2n) is 4.93. The Labute approximate surface area is 120 Å². The molecule has 1 amide bonds. The molecular formula is C11H16N2O5S2. The van der Waals surface area contributed by atoms with Crippen molar-refractivity contribution in [2.75, 3.05) is 0 Å². The Morgan fingerprint density at radius 3 is 2.50 bits per heavy atom. The monoisotopic (exact) mass is 320 g/mol. The summed E-state index contributed by atoms with van der Waals surface area (Å²) < 4.78 is 22.2. The predicted molar refractivity (Wildman–Crippen MR) is 74.1 cm³/mol. The highest BCUT2D eigenvalue weighted by Gasteiger charge is 2.23. The second-order valence-corrected chi connectivity index (χ2v) is 7.63. The molecule has 0 aliphatic heterocycles. The van der Waals surface area contributed by atoms with Gasteiger partial charge in [0.25, 0.3) is 5.91 Å². The number of thiophene rings is 1. The Kier molecular flexibility index (Phi) is 4.90. The van der Waals surface area contributed by atoms with Gasteiger partial charge in [-0.15, -0.1) is 11.3 Å². The van der Waals surface area contributed by atoms with Gasteiger partial charge in [0.1, 0.15) is 4.21 Å². The lowest BCUT2D eigenvalue weighted by atomic mass is 9.98. The molecule has 0 saturated carbocycles. The van der Waals surface area contributed by atoms with Crippen molar-refractivity contribution in [1.82, 2.24) is 5.32 Å². The molecule has 0 radical (unpaired) electrons. The Hall–Kier alpha value is -1.45. The minimum absolute atomic E-state index is 0.0701. The molecule has 1 aromatic heterocycles. The first kappa shape index (κ1) is 16.6. The number of hydrogen-bond acceptors (Lipinski definition) is 5. The van der Waals surface area contributed by atoms with Crippen molar-refractivity contribution in [2.45, 2.75) is 36.4 Å². The van der Waals surface area contributed by atoms with Gasteiger partial charge in [-0.1, -0.05) is 0 Å². The molecule has 0 fully saturated rings. The van der Waals surface area contributed by atoms with E-state index in [1.165, 1.54) is 11.4 Å². The molecule has 7 nitrogen and oxygen atoms in total. The maximum Gasteiger partial charge on any atom is 0.303 e. The van der Waals surface area contributed by atoms with E-state index in [1.54, 1.807) is 13.8 Å². The van der Waals surface area contributed by atoms with Crippen LogP contribution in [0, 0.1) is 0 Å². The minimum Gasteiger partial charge on any atom is -0.481 e. The third-order valence-corrected chi connectivity index (χ3v) is 4.92. The summed E-state index contributed by atoms with van der Waals surface area (Å²) in [4.78, 5) is 22.5. The maximum atomic E-state index is 12.0. The van der Waals surface area contributed by atoms with Crippen molar-refractivity contribution in [3.63, 3.8) is 0 Å². The first-order valence-corrected chi connectivity index (χ1v) is 8.09. The number of rotatable bonds is 6. The van der Waals surface area contributed by atoms with E-state index < -0.39 is 27.4 Å². The van der Waals surface area contributed by atoms with E-state index in [0.717, 1.165) is 11.3 Å². The zero-order valence-electron chi connectivity index (χ0n) is 11.0. The number of nitrogens with one attached hydrogen (secondary N) is 1. The van der Waals surface area contributed by atoms with Crippen LogP contribution >= 0.6 is 11.3 Å². The first-order chi connectivity index (χ1) is 9.01. The van der Waals surface area contributed by atoms with Crippen LogP contribution in [0.4, 0.5) is 0 Å². The van der Waals surface area contributed by atoms with E-state index in [4.69, 9.17) is 10.2 Å². The second kappa shape index (κ2) is 5.90. The molecule has 112 valence electrons. The SMILES string of the molecule is CC(C)(CCC(=O)O)NC(=O)c1csc(S(N)(=O)=O)c1. The van der Waals surface area contributed by atoms with Crippen LogP contribution in [0.5, 0.6) is 0 Å². The van der Waals surface area contributed by atoms with Crippen LogP contribution in [0.1, 0.15) is 37.0 Å². The minimum atomic E-state index is -3.82. The van der Waals surface area contributed by atoms with E-state index in [9.17, 15) is 18.0 Å². The number of carbonyl (C=O) groups is 2. The third kappa shape index (κ3) is 4.91. The number of hydrogen-bond donors (Lipinski definition) is 3. The summed E-state index contributed by atoms with van der Waals surface area (Å²) in [5, 5.41) is 17.6. The van der Waals surface area contributed by atoms with Gasteiger partial charge in [0.15, 0.2) is 0 Å². The Balaban J connectivity index is 2.76. The van der Waals surface area contributed by atoms with Crippen LogP contribution in [0.15, 0.2) is 15.7 Å². The Bertz CT molecular complexity index is 619. The first-order valence-electron chi connectivity index (χ1n) is 5.67. The summed E-state index contributed by atoms with van der Waals surface area (Å²) in [7, 11) is -3.82. The smallest absolute Gasteiger partial charge is 0.303 e. The van der Waals surface area contributed by atoms with Crippen LogP contribution in [0.2, 0.25) is 0 Å². The average Bonchev–Trinajstić information content (AvgIpc) is 2.74. The molecule has 9 heteroatoms. The van der Waals surface area contributed by atoms with Gasteiger partial charge in [-0.2, -0.15) is 0 Å². The number of carbonyl (C=O) groups excluding carboxylic acids is 1. The molecule has 0 bridgehead atoms. The number of amides is 1. The molecule has 0 aliphatic rings. The Morgan fingerprint density at radius 2 is 2.05 bits per heavy atom. The summed E-state index contributed by atoms with van der Waals surface area (Å²) in [5.74, 6) is -1.41.